The third-order valence-corrected chi connectivity index (χ3v) is 4.31. The van der Waals surface area contributed by atoms with E-state index in [0.29, 0.717) is 6.04 Å². The molecule has 2 atom stereocenters. The van der Waals surface area contributed by atoms with Gasteiger partial charge in [-0.2, -0.15) is 0 Å². The molecule has 2 heteroatoms. The Balaban J connectivity index is 1.71. The van der Waals surface area contributed by atoms with E-state index in [-0.39, 0.29) is 0 Å². The Kier molecular flexibility index (Phi) is 3.68. The van der Waals surface area contributed by atoms with Gasteiger partial charge >= 0.3 is 0 Å². The van der Waals surface area contributed by atoms with Gasteiger partial charge in [0.2, 0.25) is 0 Å². The Morgan fingerprint density at radius 2 is 1.73 bits per heavy atom. The Morgan fingerprint density at radius 3 is 2.20 bits per heavy atom. The van der Waals surface area contributed by atoms with Crippen molar-refractivity contribution >= 4 is 0 Å². The first-order valence-electron chi connectivity index (χ1n) is 6.66. The molecule has 0 spiro atoms. The first-order chi connectivity index (χ1) is 7.16. The number of piperidine rings is 1. The molecular weight excluding hydrogens is 184 g/mol. The Labute approximate surface area is 94.2 Å². The van der Waals surface area contributed by atoms with E-state index in [1.165, 1.54) is 45.2 Å². The monoisotopic (exact) mass is 210 g/mol. The minimum Gasteiger partial charge on any atom is -0.328 e. The molecule has 0 radical (unpaired) electrons. The van der Waals surface area contributed by atoms with E-state index in [2.05, 4.69) is 18.7 Å². The van der Waals surface area contributed by atoms with Crippen molar-refractivity contribution in [2.75, 3.05) is 13.1 Å². The molecule has 0 aromatic heterocycles. The highest BCUT2D eigenvalue weighted by Crippen LogP contribution is 2.35. The third kappa shape index (κ3) is 3.18. The van der Waals surface area contributed by atoms with Gasteiger partial charge in [0, 0.05) is 12.1 Å². The van der Waals surface area contributed by atoms with Crippen molar-refractivity contribution in [3.8, 4) is 0 Å². The van der Waals surface area contributed by atoms with Crippen LogP contribution in [0.25, 0.3) is 0 Å². The zero-order valence-electron chi connectivity index (χ0n) is 10.3. The summed E-state index contributed by atoms with van der Waals surface area (Å²) in [5.41, 5.74) is 5.96. The lowest BCUT2D eigenvalue weighted by atomic mass is 9.90. The maximum absolute atomic E-state index is 5.96. The minimum absolute atomic E-state index is 0.394. The van der Waals surface area contributed by atoms with Crippen LogP contribution in [0.3, 0.4) is 0 Å². The highest BCUT2D eigenvalue weighted by molar-refractivity contribution is 4.83. The molecule has 2 nitrogen and oxygen atoms in total. The van der Waals surface area contributed by atoms with E-state index in [0.717, 1.165) is 17.9 Å². The lowest BCUT2D eigenvalue weighted by Crippen LogP contribution is -2.43. The van der Waals surface area contributed by atoms with Gasteiger partial charge in [0.05, 0.1) is 0 Å². The van der Waals surface area contributed by atoms with Gasteiger partial charge in [-0.05, 0) is 58.0 Å². The van der Waals surface area contributed by atoms with Crippen LogP contribution in [0.1, 0.15) is 46.0 Å². The molecule has 2 fully saturated rings. The van der Waals surface area contributed by atoms with Crippen molar-refractivity contribution in [1.82, 2.24) is 4.90 Å². The van der Waals surface area contributed by atoms with E-state index in [1.807, 2.05) is 0 Å². The summed E-state index contributed by atoms with van der Waals surface area (Å²) in [5.74, 6) is 1.83. The topological polar surface area (TPSA) is 29.3 Å². The van der Waals surface area contributed by atoms with Crippen molar-refractivity contribution in [1.29, 1.82) is 0 Å². The highest BCUT2D eigenvalue weighted by atomic mass is 15.2. The van der Waals surface area contributed by atoms with Gasteiger partial charge in [0.1, 0.15) is 0 Å². The highest BCUT2D eigenvalue weighted by Gasteiger charge is 2.29. The largest absolute Gasteiger partial charge is 0.328 e. The zero-order chi connectivity index (χ0) is 10.8. The minimum atomic E-state index is 0.394. The maximum Gasteiger partial charge on any atom is 0.00695 e. The SMILES string of the molecule is CC(N)C1CCN(C(C)CC2CC2)CC1. The molecule has 0 aromatic carbocycles. The Bertz CT molecular complexity index is 191. The summed E-state index contributed by atoms with van der Waals surface area (Å²) in [4.78, 5) is 2.68. The molecule has 1 aliphatic carbocycles. The van der Waals surface area contributed by atoms with Gasteiger partial charge in [-0.15, -0.1) is 0 Å². The lowest BCUT2D eigenvalue weighted by molar-refractivity contribution is 0.124. The molecule has 1 saturated carbocycles. The molecule has 0 bridgehead atoms. The number of nitrogens with zero attached hydrogens (tertiary/aromatic N) is 1. The van der Waals surface area contributed by atoms with Crippen molar-refractivity contribution in [2.45, 2.75) is 58.0 Å². The van der Waals surface area contributed by atoms with Crippen LogP contribution >= 0.6 is 0 Å². The molecule has 88 valence electrons. The summed E-state index contributed by atoms with van der Waals surface area (Å²) < 4.78 is 0. The van der Waals surface area contributed by atoms with E-state index in [1.54, 1.807) is 0 Å². The number of nitrogens with two attached hydrogens (primary N) is 1. The molecule has 15 heavy (non-hydrogen) atoms. The molecule has 1 aliphatic heterocycles. The number of likely N-dealkylation sites (tertiary alicyclic amines) is 1. The molecule has 2 unspecified atom stereocenters. The van der Waals surface area contributed by atoms with Gasteiger partial charge in [0.25, 0.3) is 0 Å². The summed E-state index contributed by atoms with van der Waals surface area (Å²) in [6.07, 6.45) is 7.03. The van der Waals surface area contributed by atoms with Gasteiger partial charge in [-0.1, -0.05) is 12.8 Å². The van der Waals surface area contributed by atoms with Gasteiger partial charge < -0.3 is 10.6 Å². The van der Waals surface area contributed by atoms with Crippen LogP contribution in [0.2, 0.25) is 0 Å². The summed E-state index contributed by atoms with van der Waals surface area (Å²) in [7, 11) is 0. The molecule has 2 rings (SSSR count). The second-order valence-electron chi connectivity index (χ2n) is 5.76. The first-order valence-corrected chi connectivity index (χ1v) is 6.66. The van der Waals surface area contributed by atoms with E-state index in [4.69, 9.17) is 5.73 Å². The molecule has 0 aromatic rings. The molecule has 1 saturated heterocycles. The van der Waals surface area contributed by atoms with Crippen molar-refractivity contribution in [3.63, 3.8) is 0 Å². The number of rotatable bonds is 4. The summed E-state index contributed by atoms with van der Waals surface area (Å²) in [6, 6.07) is 1.21. The van der Waals surface area contributed by atoms with Gasteiger partial charge in [0.15, 0.2) is 0 Å². The fourth-order valence-electron chi connectivity index (χ4n) is 2.87. The average molecular weight is 210 g/mol. The quantitative estimate of drug-likeness (QED) is 0.771. The van der Waals surface area contributed by atoms with Crippen molar-refractivity contribution in [2.24, 2.45) is 17.6 Å². The van der Waals surface area contributed by atoms with Crippen molar-refractivity contribution in [3.05, 3.63) is 0 Å². The van der Waals surface area contributed by atoms with Crippen LogP contribution in [-0.2, 0) is 0 Å². The van der Waals surface area contributed by atoms with Gasteiger partial charge in [-0.25, -0.2) is 0 Å². The summed E-state index contributed by atoms with van der Waals surface area (Å²) in [5, 5.41) is 0. The Morgan fingerprint density at radius 1 is 1.13 bits per heavy atom. The van der Waals surface area contributed by atoms with Crippen LogP contribution in [0.4, 0.5) is 0 Å². The van der Waals surface area contributed by atoms with Crippen LogP contribution in [-0.4, -0.2) is 30.1 Å². The smallest absolute Gasteiger partial charge is 0.00695 e. The molecule has 0 amide bonds. The lowest BCUT2D eigenvalue weighted by Gasteiger charge is -2.37. The second kappa shape index (κ2) is 4.84. The van der Waals surface area contributed by atoms with Crippen LogP contribution in [0.15, 0.2) is 0 Å². The average Bonchev–Trinajstić information content (AvgIpc) is 3.02. The summed E-state index contributed by atoms with van der Waals surface area (Å²) in [6.45, 7) is 7.12. The predicted molar refractivity (Wildman–Crippen MR) is 64.7 cm³/mol. The fourth-order valence-corrected chi connectivity index (χ4v) is 2.87. The maximum atomic E-state index is 5.96. The molecule has 1 heterocycles. The fraction of sp³-hybridized carbons (Fsp3) is 1.00. The Hall–Kier alpha value is -0.0800. The normalized spacial score (nSPS) is 29.0. The van der Waals surface area contributed by atoms with E-state index >= 15 is 0 Å². The predicted octanol–water partition coefficient (Wildman–Crippen LogP) is 2.23. The van der Waals surface area contributed by atoms with E-state index < -0.39 is 0 Å². The van der Waals surface area contributed by atoms with Crippen LogP contribution in [0, 0.1) is 11.8 Å². The molecular formula is C13H26N2. The molecule has 2 aliphatic rings. The van der Waals surface area contributed by atoms with Gasteiger partial charge in [-0.3, -0.25) is 0 Å². The van der Waals surface area contributed by atoms with Crippen LogP contribution in [0.5, 0.6) is 0 Å². The first kappa shape index (κ1) is 11.4. The van der Waals surface area contributed by atoms with Crippen LogP contribution < -0.4 is 5.73 Å². The number of hydrogen-bond donors (Lipinski definition) is 1. The standard InChI is InChI=1S/C13H26N2/c1-10(9-12-3-4-12)15-7-5-13(6-8-15)11(2)14/h10-13H,3-9,14H2,1-2H3. The second-order valence-corrected chi connectivity index (χ2v) is 5.76. The number of hydrogen-bond acceptors (Lipinski definition) is 2. The van der Waals surface area contributed by atoms with E-state index in [9.17, 15) is 0 Å². The van der Waals surface area contributed by atoms with Crippen molar-refractivity contribution < 1.29 is 0 Å². The summed E-state index contributed by atoms with van der Waals surface area (Å²) >= 11 is 0. The third-order valence-electron chi connectivity index (χ3n) is 4.31. The molecule has 2 N–H and O–H groups in total. The zero-order valence-corrected chi connectivity index (χ0v) is 10.3.